The molecule has 0 nitrogen and oxygen atoms in total. The Morgan fingerprint density at radius 2 is 0.800 bits per heavy atom. The van der Waals surface area contributed by atoms with Crippen LogP contribution >= 0.6 is 0 Å². The molecule has 0 aliphatic carbocycles. The molecular formula is C30H36. The van der Waals surface area contributed by atoms with E-state index in [0.29, 0.717) is 0 Å². The topological polar surface area (TPSA) is 0 Å². The molecule has 0 fully saturated rings. The average molecular weight is 397 g/mol. The van der Waals surface area contributed by atoms with E-state index in [1.165, 1.54) is 83.7 Å². The summed E-state index contributed by atoms with van der Waals surface area (Å²) >= 11 is 0. The van der Waals surface area contributed by atoms with Gasteiger partial charge in [-0.15, -0.1) is 0 Å². The SMILES string of the molecule is CCCc1c(CCC)c(CCC)c2cc3cc4ccccc4cc3cc2c1CCC. The summed E-state index contributed by atoms with van der Waals surface area (Å²) in [6, 6.07) is 18.6. The molecule has 0 saturated carbocycles. The predicted molar refractivity (Wildman–Crippen MR) is 135 cm³/mol. The second-order valence-electron chi connectivity index (χ2n) is 8.86. The highest BCUT2D eigenvalue weighted by atomic mass is 14.2. The number of benzene rings is 4. The quantitative estimate of drug-likeness (QED) is 0.261. The van der Waals surface area contributed by atoms with Gasteiger partial charge in [-0.2, -0.15) is 0 Å². The van der Waals surface area contributed by atoms with Crippen molar-refractivity contribution in [1.29, 1.82) is 0 Å². The lowest BCUT2D eigenvalue weighted by molar-refractivity contribution is 0.810. The molecular weight excluding hydrogens is 360 g/mol. The first-order valence-electron chi connectivity index (χ1n) is 12.1. The largest absolute Gasteiger partial charge is 0.0651 e. The average Bonchev–Trinajstić information content (AvgIpc) is 2.76. The van der Waals surface area contributed by atoms with Crippen LogP contribution in [0.4, 0.5) is 0 Å². The predicted octanol–water partition coefficient (Wildman–Crippen LogP) is 8.96. The van der Waals surface area contributed by atoms with Crippen LogP contribution in [0.2, 0.25) is 0 Å². The van der Waals surface area contributed by atoms with Gasteiger partial charge >= 0.3 is 0 Å². The monoisotopic (exact) mass is 396 g/mol. The molecule has 0 atom stereocenters. The lowest BCUT2D eigenvalue weighted by Gasteiger charge is -2.23. The number of rotatable bonds is 8. The molecule has 4 rings (SSSR count). The number of hydrogen-bond donors (Lipinski definition) is 0. The Hall–Kier alpha value is -2.34. The maximum atomic E-state index is 2.51. The van der Waals surface area contributed by atoms with Crippen LogP contribution in [-0.2, 0) is 25.7 Å². The lowest BCUT2D eigenvalue weighted by atomic mass is 9.81. The van der Waals surface area contributed by atoms with E-state index in [9.17, 15) is 0 Å². The first-order valence-corrected chi connectivity index (χ1v) is 12.1. The van der Waals surface area contributed by atoms with Gasteiger partial charge in [0.05, 0.1) is 0 Å². The van der Waals surface area contributed by atoms with E-state index < -0.39 is 0 Å². The fourth-order valence-electron chi connectivity index (χ4n) is 5.36. The van der Waals surface area contributed by atoms with Gasteiger partial charge < -0.3 is 0 Å². The first kappa shape index (κ1) is 20.9. The molecule has 4 aromatic rings. The zero-order valence-electron chi connectivity index (χ0n) is 19.3. The molecule has 0 radical (unpaired) electrons. The lowest BCUT2D eigenvalue weighted by Crippen LogP contribution is -2.07. The summed E-state index contributed by atoms with van der Waals surface area (Å²) in [7, 11) is 0. The molecule has 0 bridgehead atoms. The number of aryl methyl sites for hydroxylation is 2. The Morgan fingerprint density at radius 3 is 1.17 bits per heavy atom. The standard InChI is InChI=1S/C30H36/c1-5-11-25-26(12-6-2)28(14-8-4)30-20-24-18-22-16-10-9-15-21(22)17-23(24)19-29(30)27(25)13-7-3/h9-10,15-20H,5-8,11-14H2,1-4H3. The summed E-state index contributed by atoms with van der Waals surface area (Å²) in [6.07, 6.45) is 9.67. The van der Waals surface area contributed by atoms with Crippen molar-refractivity contribution in [2.75, 3.05) is 0 Å². The van der Waals surface area contributed by atoms with Gasteiger partial charge in [-0.3, -0.25) is 0 Å². The summed E-state index contributed by atoms with van der Waals surface area (Å²) in [5, 5.41) is 8.48. The number of fused-ring (bicyclic) bond motifs is 3. The first-order chi connectivity index (χ1) is 14.7. The minimum atomic E-state index is 1.19. The Kier molecular flexibility index (Phi) is 6.42. The highest BCUT2D eigenvalue weighted by Gasteiger charge is 2.18. The Labute approximate surface area is 182 Å². The fourth-order valence-corrected chi connectivity index (χ4v) is 5.36. The van der Waals surface area contributed by atoms with E-state index in [0.717, 1.165) is 0 Å². The molecule has 0 aliphatic heterocycles. The van der Waals surface area contributed by atoms with Crippen LogP contribution in [0.25, 0.3) is 32.3 Å². The normalized spacial score (nSPS) is 11.7. The minimum absolute atomic E-state index is 1.19. The number of hydrogen-bond acceptors (Lipinski definition) is 0. The molecule has 30 heavy (non-hydrogen) atoms. The summed E-state index contributed by atoms with van der Waals surface area (Å²) in [5.74, 6) is 0. The Morgan fingerprint density at radius 1 is 0.433 bits per heavy atom. The molecule has 4 aromatic carbocycles. The molecule has 0 amide bonds. The molecule has 156 valence electrons. The van der Waals surface area contributed by atoms with Crippen LogP contribution in [0.3, 0.4) is 0 Å². The van der Waals surface area contributed by atoms with Gasteiger partial charge in [0, 0.05) is 0 Å². The third-order valence-corrected chi connectivity index (χ3v) is 6.58. The van der Waals surface area contributed by atoms with Gasteiger partial charge in [0.15, 0.2) is 0 Å². The van der Waals surface area contributed by atoms with Crippen molar-refractivity contribution in [1.82, 2.24) is 0 Å². The van der Waals surface area contributed by atoms with Crippen LogP contribution in [0.15, 0.2) is 48.5 Å². The Balaban J connectivity index is 2.14. The van der Waals surface area contributed by atoms with Crippen LogP contribution in [0, 0.1) is 0 Å². The van der Waals surface area contributed by atoms with Crippen LogP contribution in [0.1, 0.15) is 75.6 Å². The van der Waals surface area contributed by atoms with Crippen molar-refractivity contribution in [3.05, 3.63) is 70.8 Å². The molecule has 0 heteroatoms. The van der Waals surface area contributed by atoms with E-state index in [-0.39, 0.29) is 0 Å². The van der Waals surface area contributed by atoms with E-state index >= 15 is 0 Å². The van der Waals surface area contributed by atoms with Gasteiger partial charge in [-0.1, -0.05) is 77.6 Å². The molecule has 0 unspecified atom stereocenters. The van der Waals surface area contributed by atoms with Crippen LogP contribution in [-0.4, -0.2) is 0 Å². The molecule has 0 spiro atoms. The van der Waals surface area contributed by atoms with Crippen molar-refractivity contribution in [2.24, 2.45) is 0 Å². The van der Waals surface area contributed by atoms with Crippen molar-refractivity contribution in [2.45, 2.75) is 79.1 Å². The van der Waals surface area contributed by atoms with Crippen molar-refractivity contribution < 1.29 is 0 Å². The van der Waals surface area contributed by atoms with Gasteiger partial charge in [0.2, 0.25) is 0 Å². The highest BCUT2D eigenvalue weighted by Crippen LogP contribution is 2.37. The van der Waals surface area contributed by atoms with Gasteiger partial charge in [0.25, 0.3) is 0 Å². The highest BCUT2D eigenvalue weighted by molar-refractivity contribution is 6.07. The van der Waals surface area contributed by atoms with Crippen LogP contribution < -0.4 is 0 Å². The third kappa shape index (κ3) is 3.73. The zero-order chi connectivity index (χ0) is 21.1. The maximum absolute atomic E-state index is 2.51. The molecule has 0 heterocycles. The van der Waals surface area contributed by atoms with E-state index in [1.807, 2.05) is 0 Å². The summed E-state index contributed by atoms with van der Waals surface area (Å²) in [5.41, 5.74) is 6.62. The van der Waals surface area contributed by atoms with E-state index in [4.69, 9.17) is 0 Å². The smallest absolute Gasteiger partial charge is 0.0140 e. The van der Waals surface area contributed by atoms with E-state index in [1.54, 1.807) is 22.3 Å². The second-order valence-corrected chi connectivity index (χ2v) is 8.86. The molecule has 0 aromatic heterocycles. The van der Waals surface area contributed by atoms with Gasteiger partial charge in [-0.05, 0) is 105 Å². The Bertz CT molecular complexity index is 1090. The minimum Gasteiger partial charge on any atom is -0.0651 e. The van der Waals surface area contributed by atoms with Crippen molar-refractivity contribution in [3.8, 4) is 0 Å². The molecule has 0 saturated heterocycles. The summed E-state index contributed by atoms with van der Waals surface area (Å²) < 4.78 is 0. The van der Waals surface area contributed by atoms with Crippen molar-refractivity contribution >= 4 is 32.3 Å². The summed E-state index contributed by atoms with van der Waals surface area (Å²) in [4.78, 5) is 0. The summed E-state index contributed by atoms with van der Waals surface area (Å²) in [6.45, 7) is 9.33. The third-order valence-electron chi connectivity index (χ3n) is 6.58. The van der Waals surface area contributed by atoms with Crippen LogP contribution in [0.5, 0.6) is 0 Å². The van der Waals surface area contributed by atoms with Gasteiger partial charge in [0.1, 0.15) is 0 Å². The zero-order valence-corrected chi connectivity index (χ0v) is 19.3. The van der Waals surface area contributed by atoms with E-state index in [2.05, 4.69) is 76.2 Å². The molecule has 0 N–H and O–H groups in total. The van der Waals surface area contributed by atoms with Gasteiger partial charge in [-0.25, -0.2) is 0 Å². The second kappa shape index (κ2) is 9.21. The molecule has 0 aliphatic rings. The maximum Gasteiger partial charge on any atom is -0.0140 e. The fraction of sp³-hybridized carbons (Fsp3) is 0.400. The van der Waals surface area contributed by atoms with Crippen molar-refractivity contribution in [3.63, 3.8) is 0 Å².